The summed E-state index contributed by atoms with van der Waals surface area (Å²) in [5.41, 5.74) is 1.87. The first-order valence-electron chi connectivity index (χ1n) is 9.14. The smallest absolute Gasteiger partial charge is 0.124 e. The molecule has 0 heterocycles. The van der Waals surface area contributed by atoms with Gasteiger partial charge in [0.1, 0.15) is 11.5 Å². The van der Waals surface area contributed by atoms with Crippen LogP contribution in [0, 0.1) is 11.3 Å². The molecule has 3 nitrogen and oxygen atoms in total. The Bertz CT molecular complexity index is 673. The van der Waals surface area contributed by atoms with Crippen LogP contribution in [0.5, 0.6) is 11.5 Å². The maximum atomic E-state index is 9.73. The zero-order valence-electron chi connectivity index (χ0n) is 15.2. The minimum Gasteiger partial charge on any atom is -0.494 e. The van der Waals surface area contributed by atoms with Crippen molar-refractivity contribution in [1.29, 1.82) is 5.26 Å². The van der Waals surface area contributed by atoms with Crippen molar-refractivity contribution in [3.8, 4) is 17.6 Å². The number of hydrogen-bond donors (Lipinski definition) is 0. The number of nitriles is 1. The number of ether oxygens (including phenoxy) is 2. The Kier molecular flexibility index (Phi) is 7.85. The second-order valence-corrected chi connectivity index (χ2v) is 6.01. The summed E-state index contributed by atoms with van der Waals surface area (Å²) in [5.74, 6) is 1.28. The lowest BCUT2D eigenvalue weighted by Gasteiger charge is -2.16. The van der Waals surface area contributed by atoms with Crippen LogP contribution in [0.1, 0.15) is 56.6 Å². The lowest BCUT2D eigenvalue weighted by atomic mass is 9.92. The number of nitrogens with zero attached hydrogens (tertiary/aromatic N) is 1. The molecule has 0 amide bonds. The molecule has 25 heavy (non-hydrogen) atoms. The predicted octanol–water partition coefficient (Wildman–Crippen LogP) is 5.70. The highest BCUT2D eigenvalue weighted by molar-refractivity contribution is 5.46. The van der Waals surface area contributed by atoms with Crippen molar-refractivity contribution in [1.82, 2.24) is 0 Å². The van der Waals surface area contributed by atoms with E-state index in [1.807, 2.05) is 55.5 Å². The lowest BCUT2D eigenvalue weighted by Crippen LogP contribution is -2.05. The van der Waals surface area contributed by atoms with E-state index in [9.17, 15) is 5.26 Å². The third-order valence-corrected chi connectivity index (χ3v) is 4.14. The van der Waals surface area contributed by atoms with Gasteiger partial charge in [0.2, 0.25) is 0 Å². The molecule has 0 saturated heterocycles. The third-order valence-electron chi connectivity index (χ3n) is 4.14. The molecule has 0 bridgehead atoms. The molecule has 0 saturated carbocycles. The Morgan fingerprint density at radius 1 is 0.920 bits per heavy atom. The van der Waals surface area contributed by atoms with Gasteiger partial charge in [-0.25, -0.2) is 0 Å². The van der Waals surface area contributed by atoms with E-state index in [1.165, 1.54) is 19.3 Å². The van der Waals surface area contributed by atoms with Crippen LogP contribution in [0.3, 0.4) is 0 Å². The Balaban J connectivity index is 2.13. The molecule has 0 N–H and O–H groups in total. The first-order chi connectivity index (χ1) is 12.3. The molecular weight excluding hydrogens is 310 g/mol. The molecule has 0 spiro atoms. The van der Waals surface area contributed by atoms with Gasteiger partial charge >= 0.3 is 0 Å². The lowest BCUT2D eigenvalue weighted by molar-refractivity contribution is 0.302. The first kappa shape index (κ1) is 18.9. The zero-order chi connectivity index (χ0) is 17.9. The van der Waals surface area contributed by atoms with E-state index >= 15 is 0 Å². The fraction of sp³-hybridized carbons (Fsp3) is 0.409. The van der Waals surface area contributed by atoms with Gasteiger partial charge in [0.15, 0.2) is 0 Å². The van der Waals surface area contributed by atoms with E-state index in [2.05, 4.69) is 13.0 Å². The second-order valence-electron chi connectivity index (χ2n) is 6.01. The van der Waals surface area contributed by atoms with Crippen molar-refractivity contribution in [3.05, 3.63) is 59.7 Å². The minimum absolute atomic E-state index is 0.345. The Hall–Kier alpha value is -2.47. The topological polar surface area (TPSA) is 42.2 Å². The molecule has 0 aliphatic rings. The zero-order valence-corrected chi connectivity index (χ0v) is 15.2. The predicted molar refractivity (Wildman–Crippen MR) is 101 cm³/mol. The molecule has 1 unspecified atom stereocenters. The van der Waals surface area contributed by atoms with Crippen molar-refractivity contribution >= 4 is 0 Å². The van der Waals surface area contributed by atoms with E-state index < -0.39 is 0 Å². The summed E-state index contributed by atoms with van der Waals surface area (Å²) in [4.78, 5) is 0. The maximum Gasteiger partial charge on any atom is 0.124 e. The summed E-state index contributed by atoms with van der Waals surface area (Å²) < 4.78 is 11.5. The molecule has 0 aliphatic carbocycles. The van der Waals surface area contributed by atoms with Crippen molar-refractivity contribution < 1.29 is 9.47 Å². The van der Waals surface area contributed by atoms with Crippen LogP contribution in [0.2, 0.25) is 0 Å². The van der Waals surface area contributed by atoms with Crippen molar-refractivity contribution in [2.45, 2.75) is 45.4 Å². The average molecular weight is 337 g/mol. The van der Waals surface area contributed by atoms with Crippen LogP contribution in [0.4, 0.5) is 0 Å². The molecule has 2 aromatic rings. The van der Waals surface area contributed by atoms with Crippen LogP contribution < -0.4 is 9.47 Å². The molecule has 0 aliphatic heterocycles. The van der Waals surface area contributed by atoms with Crippen LogP contribution in [0.15, 0.2) is 48.5 Å². The summed E-state index contributed by atoms with van der Waals surface area (Å²) in [6, 6.07) is 18.0. The average Bonchev–Trinajstić information content (AvgIpc) is 2.65. The van der Waals surface area contributed by atoms with Crippen molar-refractivity contribution in [3.63, 3.8) is 0 Å². The standard InChI is InChI=1S/C22H27NO2/c1-3-5-6-9-16-25-22-11-8-7-10-20(22)21(17-23)18-12-14-19(15-13-18)24-4-2/h7-8,10-15,21H,3-6,9,16H2,1-2H3. The molecule has 132 valence electrons. The van der Waals surface area contributed by atoms with Crippen LogP contribution in [0.25, 0.3) is 0 Å². The summed E-state index contributed by atoms with van der Waals surface area (Å²) in [7, 11) is 0. The van der Waals surface area contributed by atoms with Crippen molar-refractivity contribution in [2.24, 2.45) is 0 Å². The maximum absolute atomic E-state index is 9.73. The summed E-state index contributed by atoms with van der Waals surface area (Å²) in [5, 5.41) is 9.73. The molecule has 2 rings (SSSR count). The molecular formula is C22H27NO2. The number of benzene rings is 2. The summed E-state index contributed by atoms with van der Waals surface area (Å²) in [6.45, 7) is 5.48. The highest BCUT2D eigenvalue weighted by Gasteiger charge is 2.18. The van der Waals surface area contributed by atoms with Gasteiger partial charge < -0.3 is 9.47 Å². The molecule has 3 heteroatoms. The highest BCUT2D eigenvalue weighted by atomic mass is 16.5. The monoisotopic (exact) mass is 337 g/mol. The molecule has 1 atom stereocenters. The quantitative estimate of drug-likeness (QED) is 0.522. The van der Waals surface area contributed by atoms with Gasteiger partial charge in [-0.2, -0.15) is 5.26 Å². The Morgan fingerprint density at radius 2 is 1.68 bits per heavy atom. The van der Waals surface area contributed by atoms with E-state index in [0.29, 0.717) is 13.2 Å². The second kappa shape index (κ2) is 10.4. The van der Waals surface area contributed by atoms with Gasteiger partial charge in [0, 0.05) is 5.56 Å². The third kappa shape index (κ3) is 5.53. The number of rotatable bonds is 10. The van der Waals surface area contributed by atoms with E-state index in [1.54, 1.807) is 0 Å². The van der Waals surface area contributed by atoms with E-state index in [-0.39, 0.29) is 5.92 Å². The minimum atomic E-state index is -0.345. The molecule has 2 aromatic carbocycles. The van der Waals surface area contributed by atoms with E-state index in [0.717, 1.165) is 29.0 Å². The summed E-state index contributed by atoms with van der Waals surface area (Å²) in [6.07, 6.45) is 4.67. The van der Waals surface area contributed by atoms with Gasteiger partial charge in [-0.1, -0.05) is 56.5 Å². The fourth-order valence-corrected chi connectivity index (χ4v) is 2.81. The van der Waals surface area contributed by atoms with Crippen molar-refractivity contribution in [2.75, 3.05) is 13.2 Å². The van der Waals surface area contributed by atoms with E-state index in [4.69, 9.17) is 9.47 Å². The number of unbranched alkanes of at least 4 members (excludes halogenated alkanes) is 3. The van der Waals surface area contributed by atoms with Gasteiger partial charge in [-0.15, -0.1) is 0 Å². The number of hydrogen-bond acceptors (Lipinski definition) is 3. The van der Waals surface area contributed by atoms with Gasteiger partial charge in [0.25, 0.3) is 0 Å². The fourth-order valence-electron chi connectivity index (χ4n) is 2.81. The Labute approximate surface area is 151 Å². The van der Waals surface area contributed by atoms with Crippen LogP contribution in [-0.4, -0.2) is 13.2 Å². The first-order valence-corrected chi connectivity index (χ1v) is 9.14. The Morgan fingerprint density at radius 3 is 2.36 bits per heavy atom. The largest absolute Gasteiger partial charge is 0.494 e. The highest BCUT2D eigenvalue weighted by Crippen LogP contribution is 2.32. The molecule has 0 fully saturated rings. The normalized spacial score (nSPS) is 11.6. The van der Waals surface area contributed by atoms with Crippen LogP contribution in [-0.2, 0) is 0 Å². The number of para-hydroxylation sites is 1. The van der Waals surface area contributed by atoms with Gasteiger partial charge in [-0.3, -0.25) is 0 Å². The molecule has 0 radical (unpaired) electrons. The summed E-state index contributed by atoms with van der Waals surface area (Å²) >= 11 is 0. The SMILES string of the molecule is CCCCCCOc1ccccc1C(C#N)c1ccc(OCC)cc1. The molecule has 0 aromatic heterocycles. The van der Waals surface area contributed by atoms with Gasteiger partial charge in [0.05, 0.1) is 25.2 Å². The van der Waals surface area contributed by atoms with Gasteiger partial charge in [-0.05, 0) is 37.1 Å². The van der Waals surface area contributed by atoms with Crippen LogP contribution >= 0.6 is 0 Å².